The van der Waals surface area contributed by atoms with Gasteiger partial charge >= 0.3 is 0 Å². The fourth-order valence-corrected chi connectivity index (χ4v) is 2.91. The third-order valence-electron chi connectivity index (χ3n) is 3.70. The Bertz CT molecular complexity index is 558. The Morgan fingerprint density at radius 2 is 1.89 bits per heavy atom. The molecule has 3 rings (SSSR count). The van der Waals surface area contributed by atoms with Gasteiger partial charge in [-0.05, 0) is 43.4 Å². The van der Waals surface area contributed by atoms with Gasteiger partial charge in [-0.3, -0.25) is 0 Å². The van der Waals surface area contributed by atoms with Gasteiger partial charge in [-0.2, -0.15) is 4.98 Å². The lowest BCUT2D eigenvalue weighted by atomic mass is 9.99. The van der Waals surface area contributed by atoms with Crippen LogP contribution in [0.1, 0.15) is 31.5 Å². The first-order valence-corrected chi connectivity index (χ1v) is 7.71. The smallest absolute Gasteiger partial charge is 0.257 e. The number of aromatic nitrogens is 2. The van der Waals surface area contributed by atoms with Crippen molar-refractivity contribution >= 4 is 11.8 Å². The van der Waals surface area contributed by atoms with E-state index in [9.17, 15) is 0 Å². The molecule has 0 spiro atoms. The highest BCUT2D eigenvalue weighted by Gasteiger charge is 2.36. The molecule has 2 aromatic rings. The molecule has 0 radical (unpaired) electrons. The molecule has 0 aliphatic heterocycles. The van der Waals surface area contributed by atoms with Gasteiger partial charge in [0.15, 0.2) is 5.82 Å². The van der Waals surface area contributed by atoms with Crippen molar-refractivity contribution in [3.8, 4) is 11.5 Å². The lowest BCUT2D eigenvalue weighted by Gasteiger charge is -2.17. The van der Waals surface area contributed by atoms with E-state index in [0.29, 0.717) is 11.7 Å². The van der Waals surface area contributed by atoms with Gasteiger partial charge in [0.05, 0.1) is 5.54 Å². The van der Waals surface area contributed by atoms with Crippen LogP contribution in [0.2, 0.25) is 0 Å². The normalized spacial score (nSPS) is 17.8. The van der Waals surface area contributed by atoms with E-state index in [1.165, 1.54) is 4.90 Å². The first-order chi connectivity index (χ1) is 9.21. The second-order valence-electron chi connectivity index (χ2n) is 5.01. The summed E-state index contributed by atoms with van der Waals surface area (Å²) >= 11 is 1.71. The molecule has 1 saturated carbocycles. The molecule has 1 heterocycles. The molecule has 1 aromatic heterocycles. The predicted octanol–water partition coefficient (Wildman–Crippen LogP) is 3.19. The second-order valence-corrected chi connectivity index (χ2v) is 5.89. The van der Waals surface area contributed by atoms with Gasteiger partial charge in [-0.1, -0.05) is 18.0 Å². The molecule has 0 amide bonds. The Balaban J connectivity index is 1.87. The zero-order valence-corrected chi connectivity index (χ0v) is 11.7. The van der Waals surface area contributed by atoms with Crippen molar-refractivity contribution < 1.29 is 4.52 Å². The third-order valence-corrected chi connectivity index (χ3v) is 4.45. The summed E-state index contributed by atoms with van der Waals surface area (Å²) in [6, 6.07) is 8.11. The van der Waals surface area contributed by atoms with Crippen LogP contribution in [0.5, 0.6) is 0 Å². The van der Waals surface area contributed by atoms with Crippen LogP contribution in [0.4, 0.5) is 0 Å². The first-order valence-electron chi connectivity index (χ1n) is 6.49. The highest BCUT2D eigenvalue weighted by Crippen LogP contribution is 2.35. The molecule has 19 heavy (non-hydrogen) atoms. The van der Waals surface area contributed by atoms with Gasteiger partial charge < -0.3 is 10.3 Å². The molecule has 0 bridgehead atoms. The Kier molecular flexibility index (Phi) is 3.33. The summed E-state index contributed by atoms with van der Waals surface area (Å²) in [7, 11) is 0. The minimum Gasteiger partial charge on any atom is -0.334 e. The number of benzene rings is 1. The van der Waals surface area contributed by atoms with E-state index in [1.54, 1.807) is 11.8 Å². The fourth-order valence-electron chi connectivity index (χ4n) is 2.51. The molecule has 1 aliphatic carbocycles. The van der Waals surface area contributed by atoms with Gasteiger partial charge in [0.2, 0.25) is 0 Å². The van der Waals surface area contributed by atoms with Crippen LogP contribution in [-0.2, 0) is 5.54 Å². The zero-order chi connectivity index (χ0) is 13.3. The van der Waals surface area contributed by atoms with Crippen LogP contribution in [0.25, 0.3) is 11.5 Å². The van der Waals surface area contributed by atoms with Gasteiger partial charge in [-0.25, -0.2) is 0 Å². The number of nitrogens with zero attached hydrogens (tertiary/aromatic N) is 2. The molecule has 5 heteroatoms. The summed E-state index contributed by atoms with van der Waals surface area (Å²) in [6.45, 7) is 0. The van der Waals surface area contributed by atoms with E-state index in [4.69, 9.17) is 10.3 Å². The quantitative estimate of drug-likeness (QED) is 0.871. The first kappa shape index (κ1) is 12.7. The summed E-state index contributed by atoms with van der Waals surface area (Å²) in [6.07, 6.45) is 6.22. The van der Waals surface area contributed by atoms with Crippen molar-refractivity contribution in [3.63, 3.8) is 0 Å². The topological polar surface area (TPSA) is 64.9 Å². The van der Waals surface area contributed by atoms with Crippen LogP contribution in [0.3, 0.4) is 0 Å². The van der Waals surface area contributed by atoms with Gasteiger partial charge in [0, 0.05) is 10.5 Å². The van der Waals surface area contributed by atoms with Crippen molar-refractivity contribution in [2.75, 3.05) is 6.26 Å². The summed E-state index contributed by atoms with van der Waals surface area (Å²) < 4.78 is 5.35. The van der Waals surface area contributed by atoms with Crippen LogP contribution in [0, 0.1) is 0 Å². The van der Waals surface area contributed by atoms with E-state index >= 15 is 0 Å². The van der Waals surface area contributed by atoms with E-state index in [2.05, 4.69) is 28.5 Å². The van der Waals surface area contributed by atoms with Crippen molar-refractivity contribution in [1.82, 2.24) is 10.1 Å². The summed E-state index contributed by atoms with van der Waals surface area (Å²) in [5.41, 5.74) is 6.88. The molecule has 2 N–H and O–H groups in total. The van der Waals surface area contributed by atoms with E-state index in [0.717, 1.165) is 31.2 Å². The molecule has 1 aromatic carbocycles. The lowest BCUT2D eigenvalue weighted by Crippen LogP contribution is -2.34. The number of thioether (sulfide) groups is 1. The molecular weight excluding hydrogens is 258 g/mol. The fraction of sp³-hybridized carbons (Fsp3) is 0.429. The monoisotopic (exact) mass is 275 g/mol. The minimum absolute atomic E-state index is 0.388. The zero-order valence-electron chi connectivity index (χ0n) is 10.9. The van der Waals surface area contributed by atoms with Gasteiger partial charge in [-0.15, -0.1) is 11.8 Å². The molecule has 0 unspecified atom stereocenters. The third kappa shape index (κ3) is 2.40. The number of rotatable bonds is 3. The van der Waals surface area contributed by atoms with E-state index < -0.39 is 0 Å². The summed E-state index contributed by atoms with van der Waals surface area (Å²) in [5.74, 6) is 1.20. The Morgan fingerprint density at radius 3 is 2.53 bits per heavy atom. The number of hydrogen-bond acceptors (Lipinski definition) is 5. The molecule has 1 aliphatic rings. The Labute approximate surface area is 116 Å². The van der Waals surface area contributed by atoms with E-state index in [1.807, 2.05) is 12.1 Å². The van der Waals surface area contributed by atoms with Crippen LogP contribution in [-0.4, -0.2) is 16.4 Å². The molecule has 4 nitrogen and oxygen atoms in total. The molecule has 100 valence electrons. The second kappa shape index (κ2) is 4.98. The molecular formula is C14H17N3OS. The van der Waals surface area contributed by atoms with Crippen LogP contribution in [0.15, 0.2) is 33.7 Å². The number of nitrogens with two attached hydrogens (primary N) is 1. The summed E-state index contributed by atoms with van der Waals surface area (Å²) in [4.78, 5) is 5.70. The average molecular weight is 275 g/mol. The van der Waals surface area contributed by atoms with Crippen molar-refractivity contribution in [2.24, 2.45) is 5.73 Å². The highest BCUT2D eigenvalue weighted by atomic mass is 32.2. The van der Waals surface area contributed by atoms with E-state index in [-0.39, 0.29) is 5.54 Å². The molecule has 1 fully saturated rings. The molecule has 0 saturated heterocycles. The maximum atomic E-state index is 6.33. The Hall–Kier alpha value is -1.33. The van der Waals surface area contributed by atoms with Gasteiger partial charge in [0.25, 0.3) is 5.89 Å². The van der Waals surface area contributed by atoms with Gasteiger partial charge in [0.1, 0.15) is 0 Å². The Morgan fingerprint density at radius 1 is 1.21 bits per heavy atom. The number of hydrogen-bond donors (Lipinski definition) is 1. The average Bonchev–Trinajstić information content (AvgIpc) is 3.08. The SMILES string of the molecule is CSc1ccc(-c2nc(C3(N)CCCC3)no2)cc1. The standard InChI is InChI=1S/C14H17N3OS/c1-19-11-6-4-10(5-7-11)12-16-13(17-18-12)14(15)8-2-3-9-14/h4-7H,2-3,8-9,15H2,1H3. The highest BCUT2D eigenvalue weighted by molar-refractivity contribution is 7.98. The minimum atomic E-state index is -0.388. The largest absolute Gasteiger partial charge is 0.334 e. The maximum Gasteiger partial charge on any atom is 0.257 e. The van der Waals surface area contributed by atoms with Crippen molar-refractivity contribution in [3.05, 3.63) is 30.1 Å². The predicted molar refractivity (Wildman–Crippen MR) is 75.8 cm³/mol. The summed E-state index contributed by atoms with van der Waals surface area (Å²) in [5, 5.41) is 4.07. The van der Waals surface area contributed by atoms with Crippen LogP contribution >= 0.6 is 11.8 Å². The van der Waals surface area contributed by atoms with Crippen LogP contribution < -0.4 is 5.73 Å². The lowest BCUT2D eigenvalue weighted by molar-refractivity contribution is 0.372. The van der Waals surface area contributed by atoms with Crippen molar-refractivity contribution in [1.29, 1.82) is 0 Å². The maximum absolute atomic E-state index is 6.33. The molecule has 0 atom stereocenters. The van der Waals surface area contributed by atoms with Crippen molar-refractivity contribution in [2.45, 2.75) is 36.1 Å².